The van der Waals surface area contributed by atoms with E-state index < -0.39 is 17.7 Å². The number of carboxylic acid groups (broad SMARTS) is 1. The van der Waals surface area contributed by atoms with Gasteiger partial charge in [-0.25, -0.2) is 4.79 Å². The van der Waals surface area contributed by atoms with Crippen molar-refractivity contribution in [2.24, 2.45) is 0 Å². The Kier molecular flexibility index (Phi) is 4.21. The summed E-state index contributed by atoms with van der Waals surface area (Å²) in [6.45, 7) is 0. The van der Waals surface area contributed by atoms with Gasteiger partial charge in [0.1, 0.15) is 5.75 Å². The van der Waals surface area contributed by atoms with E-state index in [9.17, 15) is 28.2 Å². The quantitative estimate of drug-likeness (QED) is 0.664. The van der Waals surface area contributed by atoms with Gasteiger partial charge in [0.05, 0.1) is 11.1 Å². The van der Waals surface area contributed by atoms with E-state index in [0.29, 0.717) is 5.56 Å². The SMILES string of the molecule is O=C(O)/C(=C\c1ccc(C(F)(F)F)cc1)c1cccc(O)c1. The van der Waals surface area contributed by atoms with Gasteiger partial charge in [-0.1, -0.05) is 24.3 Å². The maximum absolute atomic E-state index is 12.5. The molecule has 0 aliphatic carbocycles. The van der Waals surface area contributed by atoms with E-state index in [1.54, 1.807) is 0 Å². The van der Waals surface area contributed by atoms with E-state index in [2.05, 4.69) is 0 Å². The van der Waals surface area contributed by atoms with E-state index >= 15 is 0 Å². The minimum Gasteiger partial charge on any atom is -0.508 e. The molecule has 0 atom stereocenters. The number of halogens is 3. The number of carbonyl (C=O) groups is 1. The Bertz CT molecular complexity index is 716. The first-order valence-electron chi connectivity index (χ1n) is 6.19. The number of phenolic OH excluding ortho intramolecular Hbond substituents is 1. The van der Waals surface area contributed by atoms with Crippen LogP contribution in [-0.2, 0) is 11.0 Å². The van der Waals surface area contributed by atoms with Crippen LogP contribution in [0.2, 0.25) is 0 Å². The largest absolute Gasteiger partial charge is 0.508 e. The molecule has 2 rings (SSSR count). The number of alkyl halides is 3. The molecule has 0 saturated carbocycles. The Labute approximate surface area is 124 Å². The van der Waals surface area contributed by atoms with Crippen molar-refractivity contribution in [2.75, 3.05) is 0 Å². The predicted octanol–water partition coefficient (Wildman–Crippen LogP) is 4.04. The summed E-state index contributed by atoms with van der Waals surface area (Å²) in [5.74, 6) is -1.34. The molecule has 0 saturated heterocycles. The topological polar surface area (TPSA) is 57.5 Å². The highest BCUT2D eigenvalue weighted by Crippen LogP contribution is 2.30. The highest BCUT2D eigenvalue weighted by atomic mass is 19.4. The van der Waals surface area contributed by atoms with Crippen molar-refractivity contribution in [1.82, 2.24) is 0 Å². The molecule has 6 heteroatoms. The summed E-state index contributed by atoms with van der Waals surface area (Å²) in [5.41, 5.74) is -0.365. The summed E-state index contributed by atoms with van der Waals surface area (Å²) in [6, 6.07) is 9.77. The smallest absolute Gasteiger partial charge is 0.416 e. The molecular weight excluding hydrogens is 297 g/mol. The fourth-order valence-corrected chi connectivity index (χ4v) is 1.88. The van der Waals surface area contributed by atoms with Crippen LogP contribution >= 0.6 is 0 Å². The highest BCUT2D eigenvalue weighted by Gasteiger charge is 2.29. The van der Waals surface area contributed by atoms with Gasteiger partial charge in [0.25, 0.3) is 0 Å². The van der Waals surface area contributed by atoms with Gasteiger partial charge in [-0.3, -0.25) is 0 Å². The van der Waals surface area contributed by atoms with Gasteiger partial charge >= 0.3 is 12.1 Å². The minimum atomic E-state index is -4.44. The molecule has 2 aromatic carbocycles. The van der Waals surface area contributed by atoms with Gasteiger partial charge in [0, 0.05) is 0 Å². The molecule has 3 nitrogen and oxygen atoms in total. The van der Waals surface area contributed by atoms with Crippen LogP contribution < -0.4 is 0 Å². The average molecular weight is 308 g/mol. The van der Waals surface area contributed by atoms with Crippen LogP contribution in [0.5, 0.6) is 5.75 Å². The van der Waals surface area contributed by atoms with Crippen LogP contribution in [0, 0.1) is 0 Å². The molecule has 0 heterocycles. The van der Waals surface area contributed by atoms with Gasteiger partial charge in [0.15, 0.2) is 0 Å². The molecule has 22 heavy (non-hydrogen) atoms. The van der Waals surface area contributed by atoms with E-state index in [-0.39, 0.29) is 16.9 Å². The van der Waals surface area contributed by atoms with E-state index in [4.69, 9.17) is 0 Å². The molecule has 2 N–H and O–H groups in total. The van der Waals surface area contributed by atoms with Gasteiger partial charge in [-0.2, -0.15) is 13.2 Å². The van der Waals surface area contributed by atoms with Crippen molar-refractivity contribution >= 4 is 17.6 Å². The third-order valence-corrected chi connectivity index (χ3v) is 2.94. The van der Waals surface area contributed by atoms with Crippen LogP contribution in [0.3, 0.4) is 0 Å². The molecule has 0 amide bonds. The molecular formula is C16H11F3O3. The summed E-state index contributed by atoms with van der Waals surface area (Å²) in [5, 5.41) is 18.6. The number of carboxylic acids is 1. The second-order valence-electron chi connectivity index (χ2n) is 4.53. The predicted molar refractivity (Wildman–Crippen MR) is 75.1 cm³/mol. The van der Waals surface area contributed by atoms with Gasteiger partial charge in [-0.15, -0.1) is 0 Å². The lowest BCUT2D eigenvalue weighted by molar-refractivity contribution is -0.137. The summed E-state index contributed by atoms with van der Waals surface area (Å²) >= 11 is 0. The lowest BCUT2D eigenvalue weighted by Crippen LogP contribution is -2.04. The van der Waals surface area contributed by atoms with Crippen molar-refractivity contribution in [3.05, 3.63) is 65.2 Å². The summed E-state index contributed by atoms with van der Waals surface area (Å²) in [6.07, 6.45) is -3.19. The maximum Gasteiger partial charge on any atom is 0.416 e. The average Bonchev–Trinajstić information content (AvgIpc) is 2.44. The molecule has 0 bridgehead atoms. The molecule has 0 aliphatic heterocycles. The van der Waals surface area contributed by atoms with Crippen molar-refractivity contribution in [3.63, 3.8) is 0 Å². The van der Waals surface area contributed by atoms with Crippen LogP contribution in [-0.4, -0.2) is 16.2 Å². The number of benzene rings is 2. The zero-order chi connectivity index (χ0) is 16.3. The monoisotopic (exact) mass is 308 g/mol. The lowest BCUT2D eigenvalue weighted by Gasteiger charge is -2.07. The van der Waals surface area contributed by atoms with Crippen LogP contribution in [0.25, 0.3) is 11.6 Å². The number of rotatable bonds is 3. The molecule has 0 aromatic heterocycles. The number of phenols is 1. The molecule has 0 aliphatic rings. The van der Waals surface area contributed by atoms with Crippen molar-refractivity contribution < 1.29 is 28.2 Å². The summed E-state index contributed by atoms with van der Waals surface area (Å²) in [4.78, 5) is 11.3. The Morgan fingerprint density at radius 2 is 1.68 bits per heavy atom. The second-order valence-corrected chi connectivity index (χ2v) is 4.53. The zero-order valence-corrected chi connectivity index (χ0v) is 11.1. The highest BCUT2D eigenvalue weighted by molar-refractivity contribution is 6.20. The number of aliphatic carboxylic acids is 1. The number of hydrogen-bond acceptors (Lipinski definition) is 2. The maximum atomic E-state index is 12.5. The summed E-state index contributed by atoms with van der Waals surface area (Å²) in [7, 11) is 0. The van der Waals surface area contributed by atoms with E-state index in [0.717, 1.165) is 12.1 Å². The van der Waals surface area contributed by atoms with Gasteiger partial charge in [-0.05, 0) is 41.5 Å². The summed E-state index contributed by atoms with van der Waals surface area (Å²) < 4.78 is 37.4. The van der Waals surface area contributed by atoms with Crippen LogP contribution in [0.4, 0.5) is 13.2 Å². The van der Waals surface area contributed by atoms with Crippen LogP contribution in [0.1, 0.15) is 16.7 Å². The zero-order valence-electron chi connectivity index (χ0n) is 11.1. The molecule has 0 fully saturated rings. The number of hydrogen-bond donors (Lipinski definition) is 2. The van der Waals surface area contributed by atoms with Crippen molar-refractivity contribution in [3.8, 4) is 5.75 Å². The van der Waals surface area contributed by atoms with E-state index in [1.807, 2.05) is 0 Å². The Morgan fingerprint density at radius 1 is 1.05 bits per heavy atom. The van der Waals surface area contributed by atoms with Crippen LogP contribution in [0.15, 0.2) is 48.5 Å². The van der Waals surface area contributed by atoms with Gasteiger partial charge in [0.2, 0.25) is 0 Å². The standard InChI is InChI=1S/C16H11F3O3/c17-16(18,19)12-6-4-10(5-7-12)8-14(15(21)22)11-2-1-3-13(20)9-11/h1-9,20H,(H,21,22)/b14-8-. The first-order chi connectivity index (χ1) is 10.3. The fraction of sp³-hybridized carbons (Fsp3) is 0.0625. The third-order valence-electron chi connectivity index (χ3n) is 2.94. The van der Waals surface area contributed by atoms with Gasteiger partial charge < -0.3 is 10.2 Å². The first kappa shape index (κ1) is 15.6. The fourth-order valence-electron chi connectivity index (χ4n) is 1.88. The molecule has 2 aromatic rings. The Hall–Kier alpha value is -2.76. The normalized spacial score (nSPS) is 12.2. The Morgan fingerprint density at radius 3 is 2.18 bits per heavy atom. The third kappa shape index (κ3) is 3.66. The van der Waals surface area contributed by atoms with E-state index in [1.165, 1.54) is 42.5 Å². The number of aromatic hydroxyl groups is 1. The molecule has 0 spiro atoms. The lowest BCUT2D eigenvalue weighted by atomic mass is 10.0. The Balaban J connectivity index is 2.41. The van der Waals surface area contributed by atoms with Crippen molar-refractivity contribution in [2.45, 2.75) is 6.18 Å². The molecule has 0 unspecified atom stereocenters. The molecule has 114 valence electrons. The van der Waals surface area contributed by atoms with Crippen molar-refractivity contribution in [1.29, 1.82) is 0 Å². The molecule has 0 radical (unpaired) electrons. The minimum absolute atomic E-state index is 0.0999. The second kappa shape index (κ2) is 5.93. The first-order valence-corrected chi connectivity index (χ1v) is 6.19.